The van der Waals surface area contributed by atoms with Crippen LogP contribution in [-0.2, 0) is 39.8 Å². The summed E-state index contributed by atoms with van der Waals surface area (Å²) in [6, 6.07) is 2.38. The fourth-order valence-corrected chi connectivity index (χ4v) is 3.75. The van der Waals surface area contributed by atoms with Gasteiger partial charge >= 0.3 is 17.9 Å². The largest absolute Gasteiger partial charge is 0.493 e. The fourth-order valence-electron chi connectivity index (χ4n) is 3.75. The molecule has 0 radical (unpaired) electrons. The van der Waals surface area contributed by atoms with Crippen LogP contribution in [0, 0.1) is 0 Å². The van der Waals surface area contributed by atoms with Gasteiger partial charge in [0.05, 0.1) is 40.6 Å². The molecule has 1 atom stereocenters. The van der Waals surface area contributed by atoms with Crippen LogP contribution in [0.4, 0.5) is 0 Å². The molecule has 0 heterocycles. The van der Waals surface area contributed by atoms with Crippen molar-refractivity contribution in [1.82, 2.24) is 0 Å². The topological polar surface area (TPSA) is 142 Å². The van der Waals surface area contributed by atoms with Gasteiger partial charge in [0.1, 0.15) is 5.60 Å². The van der Waals surface area contributed by atoms with Crippen molar-refractivity contribution < 1.29 is 47.5 Å². The Morgan fingerprint density at radius 2 is 1.42 bits per heavy atom. The van der Waals surface area contributed by atoms with E-state index in [1.165, 1.54) is 21.3 Å². The number of hydrogen-bond donors (Lipinski definition) is 1. The van der Waals surface area contributed by atoms with E-state index in [2.05, 4.69) is 0 Å². The molecule has 0 aliphatic carbocycles. The lowest BCUT2D eigenvalue weighted by molar-refractivity contribution is -0.195. The third kappa shape index (κ3) is 9.05. The summed E-state index contributed by atoms with van der Waals surface area (Å²) in [5.41, 5.74) is 4.27. The third-order valence-corrected chi connectivity index (χ3v) is 5.42. The molecule has 0 fully saturated rings. The van der Waals surface area contributed by atoms with Gasteiger partial charge in [0.2, 0.25) is 5.75 Å². The minimum Gasteiger partial charge on any atom is -0.493 e. The van der Waals surface area contributed by atoms with Gasteiger partial charge in [-0.05, 0) is 71.6 Å². The van der Waals surface area contributed by atoms with E-state index in [-0.39, 0.29) is 32.7 Å². The maximum Gasteiger partial charge on any atom is 0.352 e. The summed E-state index contributed by atoms with van der Waals surface area (Å²) in [6.07, 6.45) is 0.691. The first-order valence-electron chi connectivity index (χ1n) is 12.6. The summed E-state index contributed by atoms with van der Waals surface area (Å²) in [6.45, 7) is 8.38. The molecule has 216 valence electrons. The molecule has 0 saturated heterocycles. The molecule has 2 N–H and O–H groups in total. The van der Waals surface area contributed by atoms with Gasteiger partial charge in [-0.3, -0.25) is 4.79 Å². The van der Waals surface area contributed by atoms with E-state index < -0.39 is 35.2 Å². The van der Waals surface area contributed by atoms with Crippen molar-refractivity contribution >= 4 is 17.9 Å². The monoisotopic (exact) mass is 541 g/mol. The van der Waals surface area contributed by atoms with Crippen molar-refractivity contribution in [3.05, 3.63) is 17.7 Å². The number of carbonyl (C=O) groups excluding carboxylic acids is 3. The molecule has 1 aromatic rings. The van der Waals surface area contributed by atoms with E-state index in [1.54, 1.807) is 46.8 Å². The first-order valence-corrected chi connectivity index (χ1v) is 12.6. The lowest BCUT2D eigenvalue weighted by atomic mass is 9.90. The van der Waals surface area contributed by atoms with E-state index >= 15 is 0 Å². The molecule has 0 aromatic heterocycles. The van der Waals surface area contributed by atoms with Crippen LogP contribution < -0.4 is 19.9 Å². The molecule has 11 nitrogen and oxygen atoms in total. The van der Waals surface area contributed by atoms with E-state index in [9.17, 15) is 14.4 Å². The second kappa shape index (κ2) is 15.4. The van der Waals surface area contributed by atoms with E-state index in [4.69, 9.17) is 38.9 Å². The zero-order chi connectivity index (χ0) is 28.9. The van der Waals surface area contributed by atoms with Crippen molar-refractivity contribution in [3.8, 4) is 17.2 Å². The summed E-state index contributed by atoms with van der Waals surface area (Å²) in [7, 11) is 4.57. The van der Waals surface area contributed by atoms with Crippen LogP contribution in [0.15, 0.2) is 12.1 Å². The highest BCUT2D eigenvalue weighted by Gasteiger charge is 2.55. The second-order valence-corrected chi connectivity index (χ2v) is 9.39. The number of rotatable bonds is 16. The van der Waals surface area contributed by atoms with E-state index in [1.807, 2.05) is 0 Å². The predicted molar refractivity (Wildman–Crippen MR) is 139 cm³/mol. The number of nitrogens with two attached hydrogens (primary N) is 1. The minimum absolute atomic E-state index is 0.00638. The van der Waals surface area contributed by atoms with Crippen LogP contribution in [0.1, 0.15) is 59.4 Å². The maximum absolute atomic E-state index is 13.1. The Hall–Kier alpha value is -3.05. The van der Waals surface area contributed by atoms with Gasteiger partial charge in [0, 0.05) is 13.0 Å². The standard InChI is InChI=1S/C27H43NO10/c1-9-35-24(30)27(25(31)36-10-2,21(28)13-14-22(29)38-26(3,4)5)37-15-11-12-18-16-19(32-6)23(34-8)20(17-18)33-7/h16-17,21H,9-15,28H2,1-8H3. The van der Waals surface area contributed by atoms with Crippen LogP contribution in [0.3, 0.4) is 0 Å². The molecule has 0 saturated carbocycles. The van der Waals surface area contributed by atoms with Crippen molar-refractivity contribution in [3.63, 3.8) is 0 Å². The van der Waals surface area contributed by atoms with Crippen LogP contribution >= 0.6 is 0 Å². The molecule has 0 bridgehead atoms. The molecular formula is C27H43NO10. The zero-order valence-corrected chi connectivity index (χ0v) is 23.8. The van der Waals surface area contributed by atoms with Gasteiger partial charge in [0.25, 0.3) is 5.60 Å². The molecule has 0 aliphatic rings. The van der Waals surface area contributed by atoms with Crippen LogP contribution in [0.5, 0.6) is 17.2 Å². The molecule has 1 unspecified atom stereocenters. The van der Waals surface area contributed by atoms with Crippen LogP contribution in [0.2, 0.25) is 0 Å². The zero-order valence-electron chi connectivity index (χ0n) is 23.8. The van der Waals surface area contributed by atoms with Gasteiger partial charge in [-0.2, -0.15) is 0 Å². The first-order chi connectivity index (χ1) is 17.9. The van der Waals surface area contributed by atoms with Crippen molar-refractivity contribution in [2.45, 2.75) is 77.5 Å². The van der Waals surface area contributed by atoms with Gasteiger partial charge in [-0.1, -0.05) is 0 Å². The summed E-state index contributed by atoms with van der Waals surface area (Å²) in [5, 5.41) is 0. The molecule has 11 heteroatoms. The SMILES string of the molecule is CCOC(=O)C(OCCCc1cc(OC)c(OC)c(OC)c1)(C(=O)OCC)C(N)CCC(=O)OC(C)(C)C. The van der Waals surface area contributed by atoms with E-state index in [0.29, 0.717) is 30.1 Å². The average molecular weight is 542 g/mol. The molecule has 0 aliphatic heterocycles. The third-order valence-electron chi connectivity index (χ3n) is 5.42. The molecule has 38 heavy (non-hydrogen) atoms. The molecule has 1 aromatic carbocycles. The highest BCUT2D eigenvalue weighted by Crippen LogP contribution is 2.38. The van der Waals surface area contributed by atoms with Crippen molar-refractivity contribution in [2.75, 3.05) is 41.2 Å². The summed E-state index contributed by atoms with van der Waals surface area (Å²) < 4.78 is 37.7. The van der Waals surface area contributed by atoms with Gasteiger partial charge < -0.3 is 38.9 Å². The second-order valence-electron chi connectivity index (χ2n) is 9.39. The Bertz CT molecular complexity index is 882. The summed E-state index contributed by atoms with van der Waals surface area (Å²) in [5.74, 6) is -0.990. The quantitative estimate of drug-likeness (QED) is 0.143. The van der Waals surface area contributed by atoms with Gasteiger partial charge in [-0.15, -0.1) is 0 Å². The summed E-state index contributed by atoms with van der Waals surface area (Å²) >= 11 is 0. The Morgan fingerprint density at radius 1 is 0.895 bits per heavy atom. The molecule has 0 spiro atoms. The van der Waals surface area contributed by atoms with Crippen molar-refractivity contribution in [1.29, 1.82) is 0 Å². The van der Waals surface area contributed by atoms with E-state index in [0.717, 1.165) is 5.56 Å². The minimum atomic E-state index is -2.25. The average Bonchev–Trinajstić information content (AvgIpc) is 2.85. The first kappa shape index (κ1) is 33.0. The Kier molecular flexibility index (Phi) is 13.4. The number of benzene rings is 1. The van der Waals surface area contributed by atoms with Gasteiger partial charge in [0.15, 0.2) is 11.5 Å². The fraction of sp³-hybridized carbons (Fsp3) is 0.667. The number of ether oxygens (including phenoxy) is 7. The number of hydrogen-bond acceptors (Lipinski definition) is 11. The maximum atomic E-state index is 13.1. The smallest absolute Gasteiger partial charge is 0.352 e. The number of carbonyl (C=O) groups is 3. The normalized spacial score (nSPS) is 12.3. The lowest BCUT2D eigenvalue weighted by Gasteiger charge is -2.34. The van der Waals surface area contributed by atoms with Crippen LogP contribution in [0.25, 0.3) is 0 Å². The van der Waals surface area contributed by atoms with Crippen LogP contribution in [-0.4, -0.2) is 76.3 Å². The number of esters is 3. The lowest BCUT2D eigenvalue weighted by Crippen LogP contribution is -2.62. The number of aryl methyl sites for hydroxylation is 1. The molecular weight excluding hydrogens is 498 g/mol. The number of methoxy groups -OCH3 is 3. The highest BCUT2D eigenvalue weighted by atomic mass is 16.6. The Labute approximate surface area is 225 Å². The van der Waals surface area contributed by atoms with Crippen molar-refractivity contribution in [2.24, 2.45) is 5.73 Å². The van der Waals surface area contributed by atoms with Gasteiger partial charge in [-0.25, -0.2) is 9.59 Å². The highest BCUT2D eigenvalue weighted by molar-refractivity contribution is 6.04. The Morgan fingerprint density at radius 3 is 1.84 bits per heavy atom. The molecule has 0 amide bonds. The summed E-state index contributed by atoms with van der Waals surface area (Å²) in [4.78, 5) is 38.5. The Balaban J connectivity index is 3.13. The predicted octanol–water partition coefficient (Wildman–Crippen LogP) is 2.98. The molecule has 1 rings (SSSR count).